The molecule has 0 radical (unpaired) electrons. The Morgan fingerprint density at radius 1 is 1.15 bits per heavy atom. The Bertz CT molecular complexity index is 1020. The van der Waals surface area contributed by atoms with Crippen LogP contribution in [0.1, 0.15) is 52.2 Å². The summed E-state index contributed by atoms with van der Waals surface area (Å²) in [5, 5.41) is 12.0. The topological polar surface area (TPSA) is 45.5 Å². The summed E-state index contributed by atoms with van der Waals surface area (Å²) in [5.41, 5.74) is 5.18. The van der Waals surface area contributed by atoms with Crippen LogP contribution in [0, 0.1) is 6.92 Å². The number of hydrogen-bond acceptors (Lipinski definition) is 3. The molecule has 2 atom stereocenters. The summed E-state index contributed by atoms with van der Waals surface area (Å²) < 4.78 is 1.80. The van der Waals surface area contributed by atoms with Crippen molar-refractivity contribution < 1.29 is 9.90 Å². The molecule has 2 aliphatic rings. The average Bonchev–Trinajstić information content (AvgIpc) is 3.29. The van der Waals surface area contributed by atoms with Gasteiger partial charge in [-0.05, 0) is 49.6 Å². The Kier molecular flexibility index (Phi) is 3.92. The van der Waals surface area contributed by atoms with E-state index in [2.05, 4.69) is 24.0 Å². The molecule has 1 fully saturated rings. The molecule has 0 amide bonds. The number of nitrogens with zero attached hydrogens (tertiary/aromatic N) is 2. The van der Waals surface area contributed by atoms with Crippen LogP contribution in [-0.4, -0.2) is 33.6 Å². The monoisotopic (exact) mass is 360 g/mol. The van der Waals surface area contributed by atoms with E-state index in [9.17, 15) is 9.90 Å². The summed E-state index contributed by atoms with van der Waals surface area (Å²) in [6, 6.07) is 15.9. The number of aliphatic hydroxyl groups is 1. The summed E-state index contributed by atoms with van der Waals surface area (Å²) in [4.78, 5) is 15.9. The molecule has 2 aliphatic heterocycles. The van der Waals surface area contributed by atoms with Gasteiger partial charge in [0.25, 0.3) is 5.91 Å². The van der Waals surface area contributed by atoms with Gasteiger partial charge in [0.1, 0.15) is 0 Å². The largest absolute Gasteiger partial charge is 0.378 e. The van der Waals surface area contributed by atoms with Gasteiger partial charge in [0.15, 0.2) is 6.10 Å². The lowest BCUT2D eigenvalue weighted by atomic mass is 9.95. The summed E-state index contributed by atoms with van der Waals surface area (Å²) in [6.45, 7) is 4.23. The number of carbonyl (C=O) groups excluding carboxylic acids is 1. The fourth-order valence-electron chi connectivity index (χ4n) is 4.92. The van der Waals surface area contributed by atoms with Gasteiger partial charge in [-0.15, -0.1) is 0 Å². The molecular formula is C23H24N2O2. The summed E-state index contributed by atoms with van der Waals surface area (Å²) in [5.74, 6) is -0.247. The third kappa shape index (κ3) is 2.55. The maximum Gasteiger partial charge on any atom is 0.264 e. The molecule has 2 unspecified atom stereocenters. The van der Waals surface area contributed by atoms with Crippen molar-refractivity contribution in [3.63, 3.8) is 0 Å². The van der Waals surface area contributed by atoms with Gasteiger partial charge >= 0.3 is 0 Å². The maximum absolute atomic E-state index is 13.4. The highest BCUT2D eigenvalue weighted by Crippen LogP contribution is 2.43. The van der Waals surface area contributed by atoms with Gasteiger partial charge in [-0.3, -0.25) is 14.3 Å². The highest BCUT2D eigenvalue weighted by Gasteiger charge is 2.37. The number of carbonyl (C=O) groups is 1. The third-order valence-corrected chi connectivity index (χ3v) is 6.17. The molecule has 5 rings (SSSR count). The minimum atomic E-state index is -1.14. The molecule has 4 nitrogen and oxygen atoms in total. The van der Waals surface area contributed by atoms with Crippen molar-refractivity contribution in [2.45, 2.75) is 38.3 Å². The minimum absolute atomic E-state index is 0.247. The molecule has 4 heteroatoms. The second-order valence-electron chi connectivity index (χ2n) is 7.81. The molecule has 1 N–H and O–H groups in total. The van der Waals surface area contributed by atoms with Gasteiger partial charge in [-0.1, -0.05) is 42.0 Å². The van der Waals surface area contributed by atoms with Gasteiger partial charge in [0.2, 0.25) is 0 Å². The summed E-state index contributed by atoms with van der Waals surface area (Å²) in [7, 11) is 0. The first-order valence-electron chi connectivity index (χ1n) is 9.80. The molecule has 0 saturated carbocycles. The second-order valence-corrected chi connectivity index (χ2v) is 7.81. The van der Waals surface area contributed by atoms with E-state index in [-0.39, 0.29) is 5.91 Å². The fraction of sp³-hybridized carbons (Fsp3) is 0.348. The van der Waals surface area contributed by atoms with E-state index in [4.69, 9.17) is 0 Å². The first kappa shape index (κ1) is 16.7. The molecule has 3 heterocycles. The van der Waals surface area contributed by atoms with Crippen molar-refractivity contribution in [2.75, 3.05) is 13.1 Å². The molecule has 1 aromatic heterocycles. The van der Waals surface area contributed by atoms with Gasteiger partial charge in [-0.2, -0.15) is 0 Å². The number of benzene rings is 2. The smallest absolute Gasteiger partial charge is 0.264 e. The highest BCUT2D eigenvalue weighted by atomic mass is 16.3. The Morgan fingerprint density at radius 3 is 2.78 bits per heavy atom. The first-order chi connectivity index (χ1) is 13.1. The van der Waals surface area contributed by atoms with Crippen LogP contribution in [0.15, 0.2) is 48.5 Å². The van der Waals surface area contributed by atoms with Crippen molar-refractivity contribution in [3.8, 4) is 0 Å². The fourth-order valence-corrected chi connectivity index (χ4v) is 4.92. The van der Waals surface area contributed by atoms with Crippen molar-refractivity contribution >= 4 is 16.8 Å². The Balaban J connectivity index is 1.70. The molecule has 3 aromatic rings. The molecule has 0 spiro atoms. The van der Waals surface area contributed by atoms with Gasteiger partial charge in [-0.25, -0.2) is 0 Å². The zero-order chi connectivity index (χ0) is 18.5. The first-order valence-corrected chi connectivity index (χ1v) is 9.80. The van der Waals surface area contributed by atoms with Crippen LogP contribution in [0.2, 0.25) is 0 Å². The zero-order valence-corrected chi connectivity index (χ0v) is 15.6. The maximum atomic E-state index is 13.4. The van der Waals surface area contributed by atoms with Gasteiger partial charge in [0.05, 0.1) is 5.52 Å². The van der Waals surface area contributed by atoms with Crippen LogP contribution < -0.4 is 0 Å². The minimum Gasteiger partial charge on any atom is -0.378 e. The standard InChI is InChI=1S/C23H24N2O2/c1-15-9-10-18-17(14-15)21-19-8-5-12-24(19)13-11-20(21)25(18)23(27)22(26)16-6-3-2-4-7-16/h2-4,6-7,9-10,14,19,22,26H,5,8,11-13H2,1H3. The van der Waals surface area contributed by atoms with Crippen LogP contribution in [0.5, 0.6) is 0 Å². The normalized spacial score (nSPS) is 20.4. The molecule has 0 bridgehead atoms. The lowest BCUT2D eigenvalue weighted by molar-refractivity contribution is 0.0654. The Morgan fingerprint density at radius 2 is 1.96 bits per heavy atom. The molecule has 1 saturated heterocycles. The SMILES string of the molecule is Cc1ccc2c(c1)c1c(n2C(=O)C(O)c2ccccc2)CCN2CCCC12. The van der Waals surface area contributed by atoms with Gasteiger partial charge < -0.3 is 5.11 Å². The number of rotatable bonds is 2. The summed E-state index contributed by atoms with van der Waals surface area (Å²) >= 11 is 0. The Labute approximate surface area is 159 Å². The summed E-state index contributed by atoms with van der Waals surface area (Å²) in [6.07, 6.45) is 2.07. The lowest BCUT2D eigenvalue weighted by Gasteiger charge is -2.31. The number of aromatic nitrogens is 1. The average molecular weight is 360 g/mol. The number of fused-ring (bicyclic) bond motifs is 5. The molecule has 138 valence electrons. The zero-order valence-electron chi connectivity index (χ0n) is 15.6. The van der Waals surface area contributed by atoms with E-state index >= 15 is 0 Å². The predicted octanol–water partition coefficient (Wildman–Crippen LogP) is 4.02. The molecule has 27 heavy (non-hydrogen) atoms. The molecule has 0 aliphatic carbocycles. The quantitative estimate of drug-likeness (QED) is 0.751. The van der Waals surface area contributed by atoms with E-state index in [0.29, 0.717) is 11.6 Å². The van der Waals surface area contributed by atoms with Crippen LogP contribution in [0.3, 0.4) is 0 Å². The van der Waals surface area contributed by atoms with Crippen molar-refractivity contribution in [3.05, 3.63) is 70.9 Å². The second kappa shape index (κ2) is 6.32. The van der Waals surface area contributed by atoms with Crippen LogP contribution in [-0.2, 0) is 6.42 Å². The Hall–Kier alpha value is -2.43. The van der Waals surface area contributed by atoms with E-state index in [1.165, 1.54) is 22.9 Å². The predicted molar refractivity (Wildman–Crippen MR) is 106 cm³/mol. The van der Waals surface area contributed by atoms with Crippen LogP contribution in [0.25, 0.3) is 10.9 Å². The van der Waals surface area contributed by atoms with Crippen molar-refractivity contribution in [1.29, 1.82) is 0 Å². The van der Waals surface area contributed by atoms with E-state index < -0.39 is 6.10 Å². The van der Waals surface area contributed by atoms with Crippen LogP contribution in [0.4, 0.5) is 0 Å². The lowest BCUT2D eigenvalue weighted by Crippen LogP contribution is -2.33. The van der Waals surface area contributed by atoms with Gasteiger partial charge in [0, 0.05) is 30.1 Å². The van der Waals surface area contributed by atoms with Crippen molar-refractivity contribution in [2.24, 2.45) is 0 Å². The van der Waals surface area contributed by atoms with Crippen molar-refractivity contribution in [1.82, 2.24) is 9.47 Å². The number of aryl methyl sites for hydroxylation is 1. The number of aliphatic hydroxyl groups excluding tert-OH is 1. The van der Waals surface area contributed by atoms with Crippen LogP contribution >= 0.6 is 0 Å². The molecule has 2 aromatic carbocycles. The highest BCUT2D eigenvalue weighted by molar-refractivity contribution is 5.98. The number of hydrogen-bond donors (Lipinski definition) is 1. The van der Waals surface area contributed by atoms with E-state index in [0.717, 1.165) is 37.1 Å². The van der Waals surface area contributed by atoms with E-state index in [1.54, 1.807) is 4.57 Å². The molecular weight excluding hydrogens is 336 g/mol. The van der Waals surface area contributed by atoms with E-state index in [1.807, 2.05) is 36.4 Å². The third-order valence-electron chi connectivity index (χ3n) is 6.17.